The van der Waals surface area contributed by atoms with Gasteiger partial charge in [0, 0.05) is 12.5 Å². The number of nitrogens with zero attached hydrogens (tertiary/aromatic N) is 2. The van der Waals surface area contributed by atoms with Crippen LogP contribution in [0.25, 0.3) is 11.5 Å². The van der Waals surface area contributed by atoms with Gasteiger partial charge in [0.2, 0.25) is 0 Å². The van der Waals surface area contributed by atoms with E-state index in [2.05, 4.69) is 10.1 Å². The second kappa shape index (κ2) is 4.79. The van der Waals surface area contributed by atoms with E-state index in [9.17, 15) is 0 Å². The minimum Gasteiger partial charge on any atom is -0.486 e. The van der Waals surface area contributed by atoms with Gasteiger partial charge in [-0.15, -0.1) is 0 Å². The van der Waals surface area contributed by atoms with Crippen molar-refractivity contribution in [3.8, 4) is 23.0 Å². The molecule has 3 heterocycles. The standard InChI is InChI=1S/C14H14N2O4/c1-2-10(12-11(3-1)18-6-7-19-12)14-15-13(16-20-14)9-4-5-17-8-9/h1-3,9H,4-8H2/t9-/m0/s1. The Balaban J connectivity index is 1.70. The van der Waals surface area contributed by atoms with Crippen LogP contribution in [0.4, 0.5) is 0 Å². The minimum atomic E-state index is 0.226. The van der Waals surface area contributed by atoms with Crippen LogP contribution in [0, 0.1) is 0 Å². The lowest BCUT2D eigenvalue weighted by Crippen LogP contribution is -2.15. The summed E-state index contributed by atoms with van der Waals surface area (Å²) in [5, 5.41) is 4.06. The third-order valence-corrected chi connectivity index (χ3v) is 3.53. The van der Waals surface area contributed by atoms with E-state index in [1.54, 1.807) is 0 Å². The number of hydrogen-bond acceptors (Lipinski definition) is 6. The first-order valence-corrected chi connectivity index (χ1v) is 6.72. The molecule has 1 fully saturated rings. The normalized spacial score (nSPS) is 21.1. The summed E-state index contributed by atoms with van der Waals surface area (Å²) >= 11 is 0. The SMILES string of the molecule is c1cc2c(c(-c3nc([C@H]4CCOC4)no3)c1)OCCO2. The summed E-state index contributed by atoms with van der Waals surface area (Å²) in [6, 6.07) is 5.67. The molecule has 0 amide bonds. The van der Waals surface area contributed by atoms with Crippen LogP contribution >= 0.6 is 0 Å². The Kier molecular flexibility index (Phi) is 2.81. The van der Waals surface area contributed by atoms with Crippen molar-refractivity contribution >= 4 is 0 Å². The fourth-order valence-electron chi connectivity index (χ4n) is 2.49. The lowest BCUT2D eigenvalue weighted by atomic mass is 10.1. The van der Waals surface area contributed by atoms with Crippen LogP contribution in [0.5, 0.6) is 11.5 Å². The van der Waals surface area contributed by atoms with Gasteiger partial charge in [0.1, 0.15) is 13.2 Å². The Hall–Kier alpha value is -2.08. The molecule has 0 spiro atoms. The molecule has 0 radical (unpaired) electrons. The maximum Gasteiger partial charge on any atom is 0.261 e. The van der Waals surface area contributed by atoms with Crippen molar-refractivity contribution in [1.29, 1.82) is 0 Å². The average molecular weight is 274 g/mol. The highest BCUT2D eigenvalue weighted by Gasteiger charge is 2.25. The van der Waals surface area contributed by atoms with E-state index in [1.807, 2.05) is 18.2 Å². The van der Waals surface area contributed by atoms with Crippen molar-refractivity contribution in [1.82, 2.24) is 10.1 Å². The summed E-state index contributed by atoms with van der Waals surface area (Å²) in [7, 11) is 0. The zero-order chi connectivity index (χ0) is 13.4. The molecule has 6 nitrogen and oxygen atoms in total. The van der Waals surface area contributed by atoms with Crippen molar-refractivity contribution in [2.45, 2.75) is 12.3 Å². The summed E-state index contributed by atoms with van der Waals surface area (Å²) < 4.78 is 22.0. The molecule has 0 aliphatic carbocycles. The Morgan fingerprint density at radius 3 is 2.95 bits per heavy atom. The molecule has 104 valence electrons. The molecule has 0 N–H and O–H groups in total. The van der Waals surface area contributed by atoms with E-state index >= 15 is 0 Å². The number of para-hydroxylation sites is 1. The minimum absolute atomic E-state index is 0.226. The molecule has 2 aromatic rings. The maximum absolute atomic E-state index is 5.67. The highest BCUT2D eigenvalue weighted by molar-refractivity contribution is 5.67. The fraction of sp³-hybridized carbons (Fsp3) is 0.429. The Morgan fingerprint density at radius 1 is 1.10 bits per heavy atom. The average Bonchev–Trinajstić information content (AvgIpc) is 3.17. The van der Waals surface area contributed by atoms with Gasteiger partial charge in [0.05, 0.1) is 12.2 Å². The Morgan fingerprint density at radius 2 is 2.05 bits per heavy atom. The summed E-state index contributed by atoms with van der Waals surface area (Å²) in [6.07, 6.45) is 0.936. The van der Waals surface area contributed by atoms with Crippen LogP contribution in [-0.2, 0) is 4.74 Å². The summed E-state index contributed by atoms with van der Waals surface area (Å²) in [5.41, 5.74) is 0.778. The lowest BCUT2D eigenvalue weighted by molar-refractivity contribution is 0.172. The maximum atomic E-state index is 5.67. The number of aromatic nitrogens is 2. The molecule has 4 rings (SSSR count). The smallest absolute Gasteiger partial charge is 0.261 e. The Labute approximate surface area is 115 Å². The molecule has 6 heteroatoms. The number of hydrogen-bond donors (Lipinski definition) is 0. The van der Waals surface area contributed by atoms with Crippen molar-refractivity contribution in [2.75, 3.05) is 26.4 Å². The van der Waals surface area contributed by atoms with Crippen LogP contribution in [0.2, 0.25) is 0 Å². The first-order chi connectivity index (χ1) is 9.92. The van der Waals surface area contributed by atoms with E-state index in [0.29, 0.717) is 37.3 Å². The van der Waals surface area contributed by atoms with Crippen LogP contribution in [-0.4, -0.2) is 36.6 Å². The van der Waals surface area contributed by atoms with Gasteiger partial charge in [0.25, 0.3) is 5.89 Å². The Bertz CT molecular complexity index is 619. The van der Waals surface area contributed by atoms with Gasteiger partial charge in [-0.3, -0.25) is 0 Å². The van der Waals surface area contributed by atoms with E-state index in [1.165, 1.54) is 0 Å². The van der Waals surface area contributed by atoms with Gasteiger partial charge in [-0.2, -0.15) is 4.98 Å². The molecule has 1 aromatic heterocycles. The summed E-state index contributed by atoms with van der Waals surface area (Å²) in [6.45, 7) is 2.50. The van der Waals surface area contributed by atoms with Gasteiger partial charge in [-0.05, 0) is 18.6 Å². The summed E-state index contributed by atoms with van der Waals surface area (Å²) in [4.78, 5) is 4.48. The van der Waals surface area contributed by atoms with Crippen molar-refractivity contribution in [3.05, 3.63) is 24.0 Å². The molecule has 2 aliphatic rings. The van der Waals surface area contributed by atoms with E-state index in [-0.39, 0.29) is 5.92 Å². The van der Waals surface area contributed by atoms with E-state index in [0.717, 1.165) is 24.3 Å². The molecular weight excluding hydrogens is 260 g/mol. The largest absolute Gasteiger partial charge is 0.486 e. The van der Waals surface area contributed by atoms with Gasteiger partial charge in [-0.1, -0.05) is 11.2 Å². The zero-order valence-corrected chi connectivity index (χ0v) is 10.9. The van der Waals surface area contributed by atoms with Crippen LogP contribution in [0.3, 0.4) is 0 Å². The second-order valence-electron chi connectivity index (χ2n) is 4.85. The fourth-order valence-corrected chi connectivity index (χ4v) is 2.49. The predicted octanol–water partition coefficient (Wildman–Crippen LogP) is 2.01. The zero-order valence-electron chi connectivity index (χ0n) is 10.9. The van der Waals surface area contributed by atoms with Crippen LogP contribution in [0.1, 0.15) is 18.2 Å². The lowest BCUT2D eigenvalue weighted by Gasteiger charge is -2.19. The molecule has 1 saturated heterocycles. The first-order valence-electron chi connectivity index (χ1n) is 6.72. The summed E-state index contributed by atoms with van der Waals surface area (Å²) in [5.74, 6) is 2.79. The van der Waals surface area contributed by atoms with Crippen molar-refractivity contribution in [2.24, 2.45) is 0 Å². The molecular formula is C14H14N2O4. The molecule has 2 aliphatic heterocycles. The number of fused-ring (bicyclic) bond motifs is 1. The third kappa shape index (κ3) is 1.92. The third-order valence-electron chi connectivity index (χ3n) is 3.53. The van der Waals surface area contributed by atoms with Gasteiger partial charge in [-0.25, -0.2) is 0 Å². The number of rotatable bonds is 2. The highest BCUT2D eigenvalue weighted by atomic mass is 16.6. The quantitative estimate of drug-likeness (QED) is 0.834. The first kappa shape index (κ1) is 11.7. The molecule has 20 heavy (non-hydrogen) atoms. The van der Waals surface area contributed by atoms with Gasteiger partial charge in [0.15, 0.2) is 17.3 Å². The molecule has 0 unspecified atom stereocenters. The van der Waals surface area contributed by atoms with Crippen LogP contribution in [0.15, 0.2) is 22.7 Å². The van der Waals surface area contributed by atoms with Crippen molar-refractivity contribution < 1.29 is 18.7 Å². The van der Waals surface area contributed by atoms with E-state index in [4.69, 9.17) is 18.7 Å². The molecule has 0 bridgehead atoms. The molecule has 1 aromatic carbocycles. The van der Waals surface area contributed by atoms with E-state index < -0.39 is 0 Å². The predicted molar refractivity (Wildman–Crippen MR) is 68.9 cm³/mol. The topological polar surface area (TPSA) is 66.6 Å². The second-order valence-corrected chi connectivity index (χ2v) is 4.85. The number of ether oxygens (including phenoxy) is 3. The van der Waals surface area contributed by atoms with Crippen molar-refractivity contribution in [3.63, 3.8) is 0 Å². The molecule has 0 saturated carbocycles. The molecule has 1 atom stereocenters. The van der Waals surface area contributed by atoms with Gasteiger partial charge >= 0.3 is 0 Å². The monoisotopic (exact) mass is 274 g/mol. The van der Waals surface area contributed by atoms with Gasteiger partial charge < -0.3 is 18.7 Å². The highest BCUT2D eigenvalue weighted by Crippen LogP contribution is 2.39. The number of benzene rings is 1. The van der Waals surface area contributed by atoms with Crippen LogP contribution < -0.4 is 9.47 Å².